The fourth-order valence-electron chi connectivity index (χ4n) is 1.96. The minimum atomic E-state index is -1.09. The molecular weight excluding hydrogens is 276 g/mol. The summed E-state index contributed by atoms with van der Waals surface area (Å²) in [5.74, 6) is -1.80. The minimum absolute atomic E-state index is 0.166. The Labute approximate surface area is 122 Å². The monoisotopic (exact) mass is 296 g/mol. The van der Waals surface area contributed by atoms with Crippen LogP contribution in [0.3, 0.4) is 0 Å². The molecule has 0 aliphatic heterocycles. The molecule has 0 fully saturated rings. The lowest BCUT2D eigenvalue weighted by atomic mass is 10.1. The summed E-state index contributed by atoms with van der Waals surface area (Å²) in [6.07, 6.45) is 1.87. The number of carboxylic acid groups (broad SMARTS) is 1. The van der Waals surface area contributed by atoms with Crippen molar-refractivity contribution < 1.29 is 19.8 Å². The van der Waals surface area contributed by atoms with Gasteiger partial charge in [-0.3, -0.25) is 9.59 Å². The highest BCUT2D eigenvalue weighted by atomic mass is 16.4. The number of aliphatic carboxylic acids is 1. The van der Waals surface area contributed by atoms with Crippen molar-refractivity contribution in [2.45, 2.75) is 45.7 Å². The second-order valence-corrected chi connectivity index (χ2v) is 4.88. The van der Waals surface area contributed by atoms with E-state index in [9.17, 15) is 19.5 Å². The maximum Gasteiger partial charge on any atom is 0.326 e. The molecule has 0 unspecified atom stereocenters. The molecule has 0 saturated carbocycles. The zero-order valence-corrected chi connectivity index (χ0v) is 12.1. The van der Waals surface area contributed by atoms with Crippen molar-refractivity contribution in [3.8, 4) is 5.75 Å². The molecule has 1 heterocycles. The number of carboxylic acids is 1. The van der Waals surface area contributed by atoms with Crippen LogP contribution in [0.15, 0.2) is 16.9 Å². The topological polar surface area (TPSA) is 109 Å². The Bertz CT molecular complexity index is 579. The minimum Gasteiger partial charge on any atom is -0.508 e. The third-order valence-electron chi connectivity index (χ3n) is 3.10. The molecule has 3 N–H and O–H groups in total. The van der Waals surface area contributed by atoms with Crippen LogP contribution in [0, 0.1) is 6.92 Å². The molecule has 1 amide bonds. The Hall–Kier alpha value is -2.31. The van der Waals surface area contributed by atoms with Crippen LogP contribution in [0.1, 0.15) is 31.9 Å². The summed E-state index contributed by atoms with van der Waals surface area (Å²) in [5.41, 5.74) is -0.0846. The lowest BCUT2D eigenvalue weighted by molar-refractivity contribution is -0.142. The molecule has 21 heavy (non-hydrogen) atoms. The highest BCUT2D eigenvalue weighted by Crippen LogP contribution is 2.07. The fourth-order valence-corrected chi connectivity index (χ4v) is 1.96. The standard InChI is InChI=1S/C14H20N2O5/c1-3-4-5-11(14(20)21)15-12(18)8-16-9(2)6-10(17)7-13(16)19/h6-7,11,17H,3-5,8H2,1-2H3,(H,15,18)(H,20,21)/t11-/m0/s1. The molecule has 0 bridgehead atoms. The Balaban J connectivity index is 2.77. The molecular formula is C14H20N2O5. The highest BCUT2D eigenvalue weighted by molar-refractivity contribution is 5.83. The van der Waals surface area contributed by atoms with E-state index in [1.54, 1.807) is 6.92 Å². The molecule has 1 aromatic heterocycles. The molecule has 0 radical (unpaired) electrons. The molecule has 0 aliphatic rings. The number of aryl methyl sites for hydroxylation is 1. The van der Waals surface area contributed by atoms with Gasteiger partial charge in [0.25, 0.3) is 5.56 Å². The molecule has 7 nitrogen and oxygen atoms in total. The number of hydrogen-bond acceptors (Lipinski definition) is 4. The van der Waals surface area contributed by atoms with Crippen LogP contribution < -0.4 is 10.9 Å². The molecule has 0 aliphatic carbocycles. The molecule has 1 rings (SSSR count). The van der Waals surface area contributed by atoms with E-state index < -0.39 is 23.5 Å². The number of aromatic nitrogens is 1. The summed E-state index contributed by atoms with van der Waals surface area (Å²) >= 11 is 0. The van der Waals surface area contributed by atoms with E-state index in [-0.39, 0.29) is 12.3 Å². The molecule has 116 valence electrons. The van der Waals surface area contributed by atoms with Gasteiger partial charge < -0.3 is 20.1 Å². The third kappa shape index (κ3) is 4.94. The number of nitrogens with zero attached hydrogens (tertiary/aromatic N) is 1. The van der Waals surface area contributed by atoms with Gasteiger partial charge in [0.15, 0.2) is 0 Å². The Morgan fingerprint density at radius 1 is 1.38 bits per heavy atom. The van der Waals surface area contributed by atoms with Crippen LogP contribution in [0.25, 0.3) is 0 Å². The summed E-state index contributed by atoms with van der Waals surface area (Å²) in [7, 11) is 0. The summed E-state index contributed by atoms with van der Waals surface area (Å²) in [5, 5.41) is 20.7. The molecule has 0 saturated heterocycles. The van der Waals surface area contributed by atoms with Gasteiger partial charge in [-0.25, -0.2) is 4.79 Å². The van der Waals surface area contributed by atoms with E-state index in [4.69, 9.17) is 5.11 Å². The number of carbonyl (C=O) groups excluding carboxylic acids is 1. The van der Waals surface area contributed by atoms with Crippen molar-refractivity contribution in [2.75, 3.05) is 0 Å². The second-order valence-electron chi connectivity index (χ2n) is 4.88. The molecule has 0 aromatic carbocycles. The Morgan fingerprint density at radius 2 is 2.05 bits per heavy atom. The van der Waals surface area contributed by atoms with Gasteiger partial charge in [0.1, 0.15) is 18.3 Å². The average Bonchev–Trinajstić information content (AvgIpc) is 2.38. The van der Waals surface area contributed by atoms with Gasteiger partial charge in [0.2, 0.25) is 5.91 Å². The maximum absolute atomic E-state index is 11.9. The molecule has 0 spiro atoms. The predicted octanol–water partition coefficient (Wildman–Crippen LogP) is 0.622. The van der Waals surface area contributed by atoms with E-state index in [1.165, 1.54) is 10.6 Å². The summed E-state index contributed by atoms with van der Waals surface area (Å²) in [6.45, 7) is 3.24. The smallest absolute Gasteiger partial charge is 0.326 e. The van der Waals surface area contributed by atoms with Crippen LogP contribution in [0.5, 0.6) is 5.75 Å². The third-order valence-corrected chi connectivity index (χ3v) is 3.10. The zero-order valence-electron chi connectivity index (χ0n) is 12.1. The van der Waals surface area contributed by atoms with Crippen LogP contribution >= 0.6 is 0 Å². The van der Waals surface area contributed by atoms with Gasteiger partial charge in [-0.15, -0.1) is 0 Å². The van der Waals surface area contributed by atoms with Crippen molar-refractivity contribution in [3.05, 3.63) is 28.2 Å². The zero-order chi connectivity index (χ0) is 16.0. The lowest BCUT2D eigenvalue weighted by Crippen LogP contribution is -2.43. The van der Waals surface area contributed by atoms with Crippen LogP contribution in [-0.4, -0.2) is 32.7 Å². The molecule has 1 atom stereocenters. The number of unbranched alkanes of at least 4 members (excludes halogenated alkanes) is 1. The lowest BCUT2D eigenvalue weighted by Gasteiger charge is -2.15. The van der Waals surface area contributed by atoms with E-state index in [1.807, 2.05) is 6.92 Å². The molecule has 7 heteroatoms. The van der Waals surface area contributed by atoms with Gasteiger partial charge in [-0.2, -0.15) is 0 Å². The van der Waals surface area contributed by atoms with Crippen LogP contribution in [0.2, 0.25) is 0 Å². The first-order chi connectivity index (χ1) is 9.85. The molecule has 1 aromatic rings. The SMILES string of the molecule is CCCC[C@H](NC(=O)Cn1c(C)cc(O)cc1=O)C(=O)O. The number of hydrogen-bond donors (Lipinski definition) is 3. The number of pyridine rings is 1. The number of aromatic hydroxyl groups is 1. The quantitative estimate of drug-likeness (QED) is 0.683. The number of carbonyl (C=O) groups is 2. The fraction of sp³-hybridized carbons (Fsp3) is 0.500. The average molecular weight is 296 g/mol. The van der Waals surface area contributed by atoms with E-state index >= 15 is 0 Å². The summed E-state index contributed by atoms with van der Waals surface area (Å²) in [6, 6.07) is 1.41. The van der Waals surface area contributed by atoms with Gasteiger partial charge >= 0.3 is 5.97 Å². The van der Waals surface area contributed by atoms with Gasteiger partial charge in [-0.05, 0) is 19.4 Å². The van der Waals surface area contributed by atoms with E-state index in [0.717, 1.165) is 12.5 Å². The van der Waals surface area contributed by atoms with Gasteiger partial charge in [-0.1, -0.05) is 19.8 Å². The Kier molecular flexibility index (Phi) is 5.95. The van der Waals surface area contributed by atoms with E-state index in [0.29, 0.717) is 18.5 Å². The first-order valence-corrected chi connectivity index (χ1v) is 6.77. The number of nitrogens with one attached hydrogen (secondary N) is 1. The Morgan fingerprint density at radius 3 is 2.57 bits per heavy atom. The van der Waals surface area contributed by atoms with E-state index in [2.05, 4.69) is 5.32 Å². The van der Waals surface area contributed by atoms with Crippen molar-refractivity contribution in [3.63, 3.8) is 0 Å². The van der Waals surface area contributed by atoms with Crippen molar-refractivity contribution in [2.24, 2.45) is 0 Å². The normalized spacial score (nSPS) is 11.9. The number of rotatable bonds is 7. The summed E-state index contributed by atoms with van der Waals surface area (Å²) in [4.78, 5) is 34.6. The first-order valence-electron chi connectivity index (χ1n) is 6.77. The predicted molar refractivity (Wildman–Crippen MR) is 76.2 cm³/mol. The van der Waals surface area contributed by atoms with Gasteiger partial charge in [0, 0.05) is 11.8 Å². The number of amides is 1. The second kappa shape index (κ2) is 7.47. The highest BCUT2D eigenvalue weighted by Gasteiger charge is 2.19. The maximum atomic E-state index is 11.9. The van der Waals surface area contributed by atoms with Crippen molar-refractivity contribution in [1.29, 1.82) is 0 Å². The largest absolute Gasteiger partial charge is 0.508 e. The van der Waals surface area contributed by atoms with Crippen molar-refractivity contribution >= 4 is 11.9 Å². The van der Waals surface area contributed by atoms with Crippen LogP contribution in [0.4, 0.5) is 0 Å². The van der Waals surface area contributed by atoms with Crippen LogP contribution in [-0.2, 0) is 16.1 Å². The van der Waals surface area contributed by atoms with Gasteiger partial charge in [0.05, 0.1) is 0 Å². The van der Waals surface area contributed by atoms with Crippen molar-refractivity contribution in [1.82, 2.24) is 9.88 Å². The first kappa shape index (κ1) is 16.7. The summed E-state index contributed by atoms with van der Waals surface area (Å²) < 4.78 is 1.17.